The van der Waals surface area contributed by atoms with Crippen LogP contribution in [-0.2, 0) is 9.53 Å². The first-order valence-electron chi connectivity index (χ1n) is 4.80. The fourth-order valence-electron chi connectivity index (χ4n) is 1.97. The Morgan fingerprint density at radius 3 is 2.62 bits per heavy atom. The highest BCUT2D eigenvalue weighted by Crippen LogP contribution is 2.28. The third-order valence-corrected chi connectivity index (χ3v) is 2.92. The maximum absolute atomic E-state index is 11.3. The molecule has 2 rings (SSSR count). The molecule has 0 bridgehead atoms. The zero-order valence-electron chi connectivity index (χ0n) is 8.17. The van der Waals surface area contributed by atoms with E-state index in [0.717, 1.165) is 25.9 Å². The van der Waals surface area contributed by atoms with Crippen LogP contribution in [0.15, 0.2) is 0 Å². The summed E-state index contributed by atoms with van der Waals surface area (Å²) in [5.74, 6) is 0.0320. The van der Waals surface area contributed by atoms with E-state index in [4.69, 9.17) is 4.74 Å². The second kappa shape index (κ2) is 2.96. The van der Waals surface area contributed by atoms with Crippen molar-refractivity contribution in [2.45, 2.75) is 31.6 Å². The Kier molecular flexibility index (Phi) is 2.04. The maximum Gasteiger partial charge on any atom is 0.251 e. The lowest BCUT2D eigenvalue weighted by molar-refractivity contribution is -0.123. The summed E-state index contributed by atoms with van der Waals surface area (Å²) in [5, 5.41) is 2.95. The minimum absolute atomic E-state index is 0.0320. The molecule has 1 N–H and O–H groups in total. The van der Waals surface area contributed by atoms with Gasteiger partial charge in [0.2, 0.25) is 0 Å². The zero-order chi connectivity index (χ0) is 9.47. The van der Waals surface area contributed by atoms with Gasteiger partial charge in [-0.15, -0.1) is 0 Å². The van der Waals surface area contributed by atoms with Crippen molar-refractivity contribution in [3.05, 3.63) is 0 Å². The van der Waals surface area contributed by atoms with Gasteiger partial charge in [-0.1, -0.05) is 0 Å². The SMILES string of the molecule is CC1OC2(CCN(C)CC2)NC1=O. The van der Waals surface area contributed by atoms with Crippen LogP contribution < -0.4 is 5.32 Å². The molecule has 74 valence electrons. The minimum atomic E-state index is -0.344. The first-order chi connectivity index (χ1) is 6.11. The van der Waals surface area contributed by atoms with E-state index >= 15 is 0 Å². The second-order valence-electron chi connectivity index (χ2n) is 4.05. The molecule has 0 saturated carbocycles. The number of piperidine rings is 1. The van der Waals surface area contributed by atoms with Crippen molar-refractivity contribution in [2.24, 2.45) is 0 Å². The zero-order valence-corrected chi connectivity index (χ0v) is 8.17. The molecule has 2 aliphatic heterocycles. The predicted octanol–water partition coefficient (Wildman–Crippen LogP) is -0.0568. The average molecular weight is 184 g/mol. The van der Waals surface area contributed by atoms with Crippen molar-refractivity contribution >= 4 is 5.91 Å². The Morgan fingerprint density at radius 2 is 2.15 bits per heavy atom. The van der Waals surface area contributed by atoms with Gasteiger partial charge in [0.15, 0.2) is 0 Å². The van der Waals surface area contributed by atoms with Crippen molar-refractivity contribution in [3.8, 4) is 0 Å². The third-order valence-electron chi connectivity index (χ3n) is 2.92. The number of hydrogen-bond donors (Lipinski definition) is 1. The highest BCUT2D eigenvalue weighted by atomic mass is 16.5. The van der Waals surface area contributed by atoms with Gasteiger partial charge in [0, 0.05) is 25.9 Å². The summed E-state index contributed by atoms with van der Waals surface area (Å²) in [5.41, 5.74) is -0.344. The quantitative estimate of drug-likeness (QED) is 0.573. The summed E-state index contributed by atoms with van der Waals surface area (Å²) in [6, 6.07) is 0. The molecule has 4 heteroatoms. The lowest BCUT2D eigenvalue weighted by Gasteiger charge is -2.36. The van der Waals surface area contributed by atoms with Crippen LogP contribution in [0.1, 0.15) is 19.8 Å². The monoisotopic (exact) mass is 184 g/mol. The molecular weight excluding hydrogens is 168 g/mol. The van der Waals surface area contributed by atoms with Gasteiger partial charge in [-0.3, -0.25) is 4.79 Å². The van der Waals surface area contributed by atoms with Crippen LogP contribution in [0.4, 0.5) is 0 Å². The van der Waals surface area contributed by atoms with E-state index < -0.39 is 0 Å². The molecule has 0 radical (unpaired) electrons. The molecule has 4 nitrogen and oxygen atoms in total. The number of nitrogens with zero attached hydrogens (tertiary/aromatic N) is 1. The first-order valence-corrected chi connectivity index (χ1v) is 4.80. The Morgan fingerprint density at radius 1 is 1.54 bits per heavy atom. The molecule has 2 saturated heterocycles. The molecule has 0 aromatic heterocycles. The molecule has 2 fully saturated rings. The Labute approximate surface area is 78.2 Å². The van der Waals surface area contributed by atoms with Crippen molar-refractivity contribution in [1.82, 2.24) is 10.2 Å². The predicted molar refractivity (Wildman–Crippen MR) is 48.2 cm³/mol. The lowest BCUT2D eigenvalue weighted by atomic mass is 10.0. The standard InChI is InChI=1S/C9H16N2O2/c1-7-8(12)10-9(13-7)3-5-11(2)6-4-9/h7H,3-6H2,1-2H3,(H,10,12). The van der Waals surface area contributed by atoms with Crippen LogP contribution in [0.5, 0.6) is 0 Å². The largest absolute Gasteiger partial charge is 0.343 e. The van der Waals surface area contributed by atoms with Crippen LogP contribution in [0.2, 0.25) is 0 Å². The minimum Gasteiger partial charge on any atom is -0.343 e. The molecule has 1 spiro atoms. The number of hydrogen-bond acceptors (Lipinski definition) is 3. The Balaban J connectivity index is 2.03. The number of amides is 1. The fraction of sp³-hybridized carbons (Fsp3) is 0.889. The summed E-state index contributed by atoms with van der Waals surface area (Å²) in [6.45, 7) is 3.79. The summed E-state index contributed by atoms with van der Waals surface area (Å²) in [6.07, 6.45) is 1.53. The van der Waals surface area contributed by atoms with Crippen molar-refractivity contribution in [3.63, 3.8) is 0 Å². The number of carbonyl (C=O) groups is 1. The van der Waals surface area contributed by atoms with Gasteiger partial charge in [-0.2, -0.15) is 0 Å². The van der Waals surface area contributed by atoms with E-state index in [0.29, 0.717) is 0 Å². The van der Waals surface area contributed by atoms with Gasteiger partial charge >= 0.3 is 0 Å². The van der Waals surface area contributed by atoms with E-state index in [1.54, 1.807) is 0 Å². The summed E-state index contributed by atoms with van der Waals surface area (Å²) in [4.78, 5) is 13.5. The van der Waals surface area contributed by atoms with Crippen LogP contribution in [0.25, 0.3) is 0 Å². The van der Waals surface area contributed by atoms with Gasteiger partial charge in [-0.05, 0) is 14.0 Å². The molecule has 2 aliphatic rings. The van der Waals surface area contributed by atoms with Crippen LogP contribution in [0, 0.1) is 0 Å². The van der Waals surface area contributed by atoms with Crippen LogP contribution in [0.3, 0.4) is 0 Å². The first kappa shape index (κ1) is 8.97. The van der Waals surface area contributed by atoms with E-state index in [1.165, 1.54) is 0 Å². The van der Waals surface area contributed by atoms with Crippen molar-refractivity contribution < 1.29 is 9.53 Å². The summed E-state index contributed by atoms with van der Waals surface area (Å²) in [7, 11) is 2.09. The molecule has 1 amide bonds. The number of likely N-dealkylation sites (tertiary alicyclic amines) is 1. The molecule has 1 unspecified atom stereocenters. The number of carbonyl (C=O) groups excluding carboxylic acids is 1. The topological polar surface area (TPSA) is 41.6 Å². The van der Waals surface area contributed by atoms with Gasteiger partial charge in [0.05, 0.1) is 0 Å². The molecule has 2 heterocycles. The smallest absolute Gasteiger partial charge is 0.251 e. The lowest BCUT2D eigenvalue weighted by Crippen LogP contribution is -2.50. The summed E-state index contributed by atoms with van der Waals surface area (Å²) < 4.78 is 5.66. The Bertz CT molecular complexity index is 222. The maximum atomic E-state index is 11.3. The van der Waals surface area contributed by atoms with Crippen LogP contribution in [-0.4, -0.2) is 42.8 Å². The molecular formula is C9H16N2O2. The Hall–Kier alpha value is -0.610. The highest BCUT2D eigenvalue weighted by molar-refractivity contribution is 5.82. The van der Waals surface area contributed by atoms with E-state index in [9.17, 15) is 4.79 Å². The molecule has 0 aromatic rings. The van der Waals surface area contributed by atoms with Gasteiger partial charge in [0.1, 0.15) is 11.8 Å². The van der Waals surface area contributed by atoms with Gasteiger partial charge in [0.25, 0.3) is 5.91 Å². The fourth-order valence-corrected chi connectivity index (χ4v) is 1.97. The molecule has 0 aromatic carbocycles. The van der Waals surface area contributed by atoms with E-state index in [-0.39, 0.29) is 17.7 Å². The average Bonchev–Trinajstić information content (AvgIpc) is 2.36. The summed E-state index contributed by atoms with van der Waals surface area (Å²) >= 11 is 0. The van der Waals surface area contributed by atoms with Crippen molar-refractivity contribution in [2.75, 3.05) is 20.1 Å². The molecule has 13 heavy (non-hydrogen) atoms. The third kappa shape index (κ3) is 1.56. The van der Waals surface area contributed by atoms with E-state index in [2.05, 4.69) is 17.3 Å². The van der Waals surface area contributed by atoms with Gasteiger partial charge < -0.3 is 15.0 Å². The normalized spacial score (nSPS) is 33.7. The highest BCUT2D eigenvalue weighted by Gasteiger charge is 2.44. The number of nitrogens with one attached hydrogen (secondary N) is 1. The molecule has 1 atom stereocenters. The van der Waals surface area contributed by atoms with Crippen LogP contribution >= 0.6 is 0 Å². The second-order valence-corrected chi connectivity index (χ2v) is 4.05. The number of ether oxygens (including phenoxy) is 1. The van der Waals surface area contributed by atoms with Crippen molar-refractivity contribution in [1.29, 1.82) is 0 Å². The number of rotatable bonds is 0. The van der Waals surface area contributed by atoms with Gasteiger partial charge in [-0.25, -0.2) is 0 Å². The molecule has 0 aliphatic carbocycles. The van der Waals surface area contributed by atoms with E-state index in [1.807, 2.05) is 6.92 Å².